The molecule has 0 saturated carbocycles. The lowest BCUT2D eigenvalue weighted by molar-refractivity contribution is -0.384. The number of nitrogens with zero attached hydrogens (tertiary/aromatic N) is 1. The summed E-state index contributed by atoms with van der Waals surface area (Å²) in [5.41, 5.74) is 4.03. The molecule has 0 aliphatic carbocycles. The van der Waals surface area contributed by atoms with Crippen molar-refractivity contribution in [3.8, 4) is 0 Å². The number of amides is 1. The number of nitro benzene ring substituents is 1. The van der Waals surface area contributed by atoms with Gasteiger partial charge in [-0.2, -0.15) is 0 Å². The highest BCUT2D eigenvalue weighted by Crippen LogP contribution is 2.26. The second-order valence-corrected chi connectivity index (χ2v) is 2.64. The number of rotatable bonds is 3. The zero-order valence-corrected chi connectivity index (χ0v) is 7.57. The van der Waals surface area contributed by atoms with Gasteiger partial charge in [-0.1, -0.05) is 6.07 Å². The molecule has 0 spiro atoms. The second kappa shape index (κ2) is 4.47. The molecule has 0 aliphatic heterocycles. The molecule has 0 radical (unpaired) electrons. The summed E-state index contributed by atoms with van der Waals surface area (Å²) < 4.78 is 13.1. The minimum Gasteiger partial charge on any atom is -0.322 e. The predicted octanol–water partition coefficient (Wildman–Crippen LogP) is 0.631. The van der Waals surface area contributed by atoms with E-state index in [9.17, 15) is 19.3 Å². The highest BCUT2D eigenvalue weighted by molar-refractivity contribution is 5.94. The summed E-state index contributed by atoms with van der Waals surface area (Å²) in [5, 5.41) is 12.5. The van der Waals surface area contributed by atoms with E-state index in [1.54, 1.807) is 0 Å². The molecule has 80 valence electrons. The van der Waals surface area contributed by atoms with E-state index in [0.29, 0.717) is 0 Å². The van der Waals surface area contributed by atoms with Gasteiger partial charge in [-0.15, -0.1) is 0 Å². The average Bonchev–Trinajstić information content (AvgIpc) is 2.20. The van der Waals surface area contributed by atoms with Gasteiger partial charge in [0.15, 0.2) is 11.5 Å². The smallest absolute Gasteiger partial charge is 0.295 e. The molecule has 0 unspecified atom stereocenters. The summed E-state index contributed by atoms with van der Waals surface area (Å²) in [5.74, 6) is -1.56. The molecule has 3 N–H and O–H groups in total. The molecule has 1 amide bonds. The quantitative estimate of drug-likeness (QED) is 0.568. The Kier molecular flexibility index (Phi) is 3.29. The van der Waals surface area contributed by atoms with E-state index >= 15 is 0 Å². The lowest BCUT2D eigenvalue weighted by Gasteiger charge is -2.04. The van der Waals surface area contributed by atoms with Crippen molar-refractivity contribution in [2.45, 2.75) is 0 Å². The van der Waals surface area contributed by atoms with Crippen molar-refractivity contribution in [2.75, 3.05) is 11.9 Å². The largest absolute Gasteiger partial charge is 0.322 e. The molecule has 1 aromatic rings. The van der Waals surface area contributed by atoms with Gasteiger partial charge in [-0.3, -0.25) is 14.9 Å². The van der Waals surface area contributed by atoms with E-state index in [0.717, 1.165) is 12.1 Å². The number of benzene rings is 1. The van der Waals surface area contributed by atoms with Crippen LogP contribution >= 0.6 is 0 Å². The van der Waals surface area contributed by atoms with E-state index in [4.69, 9.17) is 5.73 Å². The Morgan fingerprint density at radius 1 is 1.60 bits per heavy atom. The molecule has 0 atom stereocenters. The fourth-order valence-electron chi connectivity index (χ4n) is 0.979. The Balaban J connectivity index is 3.13. The monoisotopic (exact) mass is 213 g/mol. The normalized spacial score (nSPS) is 9.73. The minimum absolute atomic E-state index is 0.370. The van der Waals surface area contributed by atoms with Crippen LogP contribution in [-0.2, 0) is 4.79 Å². The lowest BCUT2D eigenvalue weighted by Crippen LogP contribution is -2.23. The molecule has 0 saturated heterocycles. The van der Waals surface area contributed by atoms with Crippen LogP contribution in [0.2, 0.25) is 0 Å². The summed E-state index contributed by atoms with van der Waals surface area (Å²) in [7, 11) is 0. The van der Waals surface area contributed by atoms with Crippen LogP contribution in [-0.4, -0.2) is 17.4 Å². The average molecular weight is 213 g/mol. The molecule has 0 bridgehead atoms. The van der Waals surface area contributed by atoms with Gasteiger partial charge >= 0.3 is 0 Å². The zero-order chi connectivity index (χ0) is 11.4. The molecule has 0 aliphatic rings. The van der Waals surface area contributed by atoms with Crippen molar-refractivity contribution in [3.63, 3.8) is 0 Å². The fourth-order valence-corrected chi connectivity index (χ4v) is 0.979. The first-order valence-electron chi connectivity index (χ1n) is 3.99. The zero-order valence-electron chi connectivity index (χ0n) is 7.57. The van der Waals surface area contributed by atoms with E-state index in [1.165, 1.54) is 6.07 Å². The number of nitrogens with two attached hydrogens (primary N) is 1. The van der Waals surface area contributed by atoms with Crippen molar-refractivity contribution in [2.24, 2.45) is 5.73 Å². The van der Waals surface area contributed by atoms with Crippen LogP contribution in [0, 0.1) is 15.9 Å². The third-order valence-corrected chi connectivity index (χ3v) is 1.64. The van der Waals surface area contributed by atoms with E-state index in [-0.39, 0.29) is 6.54 Å². The predicted molar refractivity (Wildman–Crippen MR) is 50.7 cm³/mol. The molecule has 1 aromatic carbocycles. The molecule has 0 fully saturated rings. The molecule has 0 heterocycles. The Bertz CT molecular complexity index is 408. The van der Waals surface area contributed by atoms with Gasteiger partial charge in [-0.25, -0.2) is 4.39 Å². The van der Waals surface area contributed by atoms with Gasteiger partial charge in [0.05, 0.1) is 11.5 Å². The highest BCUT2D eigenvalue weighted by atomic mass is 19.1. The maximum atomic E-state index is 13.1. The number of hydrogen-bond acceptors (Lipinski definition) is 4. The summed E-state index contributed by atoms with van der Waals surface area (Å²) >= 11 is 0. The Morgan fingerprint density at radius 2 is 2.27 bits per heavy atom. The van der Waals surface area contributed by atoms with Gasteiger partial charge in [-0.05, 0) is 6.07 Å². The van der Waals surface area contributed by atoms with Gasteiger partial charge in [0.25, 0.3) is 5.69 Å². The molecule has 7 heteroatoms. The number of nitro groups is 1. The summed E-state index contributed by atoms with van der Waals surface area (Å²) in [6, 6.07) is 3.29. The number of nitrogens with one attached hydrogen (secondary N) is 1. The first-order valence-corrected chi connectivity index (χ1v) is 3.99. The summed E-state index contributed by atoms with van der Waals surface area (Å²) in [6.45, 7) is -0.370. The SMILES string of the molecule is NCC(=O)Nc1c(F)cccc1[N+](=O)[O-]. The van der Waals surface area contributed by atoms with Crippen LogP contribution in [0.4, 0.5) is 15.8 Å². The molecular formula is C8H8FN3O3. The highest BCUT2D eigenvalue weighted by Gasteiger charge is 2.18. The molecular weight excluding hydrogens is 205 g/mol. The number of hydrogen-bond donors (Lipinski definition) is 2. The van der Waals surface area contributed by atoms with E-state index < -0.39 is 28.0 Å². The van der Waals surface area contributed by atoms with Crippen LogP contribution in [0.3, 0.4) is 0 Å². The lowest BCUT2D eigenvalue weighted by atomic mass is 10.2. The van der Waals surface area contributed by atoms with Gasteiger partial charge < -0.3 is 11.1 Å². The minimum atomic E-state index is -0.869. The van der Waals surface area contributed by atoms with Crippen LogP contribution in [0.1, 0.15) is 0 Å². The molecule has 6 nitrogen and oxygen atoms in total. The van der Waals surface area contributed by atoms with Crippen molar-refractivity contribution in [1.82, 2.24) is 0 Å². The first kappa shape index (κ1) is 11.1. The Labute approximate surface area is 84.0 Å². The number of para-hydroxylation sites is 1. The first-order chi connectivity index (χ1) is 7.06. The number of halogens is 1. The number of carbonyl (C=O) groups is 1. The fraction of sp³-hybridized carbons (Fsp3) is 0.125. The Morgan fingerprint density at radius 3 is 2.80 bits per heavy atom. The third kappa shape index (κ3) is 2.47. The van der Waals surface area contributed by atoms with Crippen LogP contribution in [0.15, 0.2) is 18.2 Å². The van der Waals surface area contributed by atoms with Crippen molar-refractivity contribution >= 4 is 17.3 Å². The van der Waals surface area contributed by atoms with E-state index in [1.807, 2.05) is 5.32 Å². The number of carbonyl (C=O) groups excluding carboxylic acids is 1. The summed E-state index contributed by atoms with van der Waals surface area (Å²) in [4.78, 5) is 20.6. The molecule has 0 aromatic heterocycles. The van der Waals surface area contributed by atoms with Crippen LogP contribution in [0.25, 0.3) is 0 Å². The maximum absolute atomic E-state index is 13.1. The topological polar surface area (TPSA) is 98.3 Å². The van der Waals surface area contributed by atoms with Crippen LogP contribution < -0.4 is 11.1 Å². The maximum Gasteiger partial charge on any atom is 0.295 e. The van der Waals surface area contributed by atoms with Gasteiger partial charge in [0.2, 0.25) is 5.91 Å². The number of anilines is 1. The van der Waals surface area contributed by atoms with Gasteiger partial charge in [0, 0.05) is 6.07 Å². The molecule has 1 rings (SSSR count). The second-order valence-electron chi connectivity index (χ2n) is 2.64. The third-order valence-electron chi connectivity index (χ3n) is 1.64. The van der Waals surface area contributed by atoms with Crippen molar-refractivity contribution in [1.29, 1.82) is 0 Å². The molecule has 15 heavy (non-hydrogen) atoms. The standard InChI is InChI=1S/C8H8FN3O3/c9-5-2-1-3-6(12(14)15)8(5)11-7(13)4-10/h1-3H,4,10H2,(H,11,13). The van der Waals surface area contributed by atoms with Crippen molar-refractivity contribution < 1.29 is 14.1 Å². The van der Waals surface area contributed by atoms with Gasteiger partial charge in [0.1, 0.15) is 0 Å². The Hall–Kier alpha value is -2.02. The van der Waals surface area contributed by atoms with Crippen molar-refractivity contribution in [3.05, 3.63) is 34.1 Å². The summed E-state index contributed by atoms with van der Waals surface area (Å²) in [6.07, 6.45) is 0. The van der Waals surface area contributed by atoms with Crippen LogP contribution in [0.5, 0.6) is 0 Å². The van der Waals surface area contributed by atoms with E-state index in [2.05, 4.69) is 0 Å².